The average Bonchev–Trinajstić information content (AvgIpc) is 3.51. The van der Waals surface area contributed by atoms with Crippen molar-refractivity contribution < 1.29 is 86.1 Å². The number of benzene rings is 1. The Kier molecular flexibility index (Phi) is 12.8. The molecule has 4 bridgehead atoms. The molecule has 1 spiro atoms. The van der Waals surface area contributed by atoms with Gasteiger partial charge in [0, 0.05) is 45.3 Å². The van der Waals surface area contributed by atoms with E-state index in [2.05, 4.69) is 9.97 Å². The molecule has 2 saturated carbocycles. The number of aliphatic hydroxyl groups is 1. The maximum absolute atomic E-state index is 14.8. The van der Waals surface area contributed by atoms with Gasteiger partial charge in [0.15, 0.2) is 30.0 Å². The van der Waals surface area contributed by atoms with E-state index in [0.717, 1.165) is 33.9 Å². The molecule has 66 heavy (non-hydrogen) atoms. The minimum Gasteiger partial charge on any atom is -0.465 e. The van der Waals surface area contributed by atoms with E-state index in [1.54, 1.807) is 13.0 Å². The quantitative estimate of drug-likeness (QED) is 0.174. The molecular weight excluding hydrogens is 869 g/mol. The van der Waals surface area contributed by atoms with Crippen LogP contribution in [0.4, 0.5) is 0 Å². The number of cyclic esters (lactones) is 1. The third-order valence-electron chi connectivity index (χ3n) is 13.1. The van der Waals surface area contributed by atoms with Crippen LogP contribution < -0.4 is 0 Å². The number of hydrogen-bond acceptors (Lipinski definition) is 20. The van der Waals surface area contributed by atoms with Gasteiger partial charge >= 0.3 is 41.8 Å². The number of esters is 7. The number of carbonyl (C=O) groups excluding carboxylic acids is 8. The summed E-state index contributed by atoms with van der Waals surface area (Å²) in [6.07, 6.45) is -8.67. The summed E-state index contributed by atoms with van der Waals surface area (Å²) in [5.41, 5.74) is -10.8. The van der Waals surface area contributed by atoms with Crippen molar-refractivity contribution in [1.29, 1.82) is 0 Å². The Balaban J connectivity index is 1.63. The van der Waals surface area contributed by atoms with Crippen molar-refractivity contribution in [3.8, 4) is 0 Å². The first-order valence-corrected chi connectivity index (χ1v) is 20.9. The van der Waals surface area contributed by atoms with Crippen LogP contribution in [-0.2, 0) is 66.6 Å². The van der Waals surface area contributed by atoms with Crippen LogP contribution in [0.15, 0.2) is 73.2 Å². The lowest BCUT2D eigenvalue weighted by Gasteiger charge is -2.67. The van der Waals surface area contributed by atoms with Crippen LogP contribution in [0.25, 0.3) is 0 Å². The topological polar surface area (TPSA) is 266 Å². The minimum atomic E-state index is -2.94. The van der Waals surface area contributed by atoms with Gasteiger partial charge in [0.05, 0.1) is 34.2 Å². The second-order valence-corrected chi connectivity index (χ2v) is 17.2. The van der Waals surface area contributed by atoms with E-state index >= 15 is 0 Å². The number of pyridine rings is 2. The summed E-state index contributed by atoms with van der Waals surface area (Å²) in [7, 11) is 0. The first-order chi connectivity index (χ1) is 31.2. The van der Waals surface area contributed by atoms with Crippen LogP contribution in [0.5, 0.6) is 0 Å². The highest BCUT2D eigenvalue weighted by Gasteiger charge is 2.92. The summed E-state index contributed by atoms with van der Waals surface area (Å²) in [5.74, 6) is -11.2. The number of hydrogen-bond donors (Lipinski definition) is 1. The summed E-state index contributed by atoms with van der Waals surface area (Å²) in [6.45, 7) is 6.51. The molecule has 13 atom stereocenters. The summed E-state index contributed by atoms with van der Waals surface area (Å²) in [5, 5.41) is 13.9. The van der Waals surface area contributed by atoms with E-state index in [0.29, 0.717) is 0 Å². The molecule has 20 heteroatoms. The van der Waals surface area contributed by atoms with E-state index in [1.807, 2.05) is 0 Å². The Morgan fingerprint density at radius 3 is 2.05 bits per heavy atom. The fourth-order valence-electron chi connectivity index (χ4n) is 10.2. The zero-order chi connectivity index (χ0) is 47.9. The Morgan fingerprint density at radius 1 is 0.788 bits per heavy atom. The summed E-state index contributed by atoms with van der Waals surface area (Å²) < 4.78 is 55.9. The predicted molar refractivity (Wildman–Crippen MR) is 219 cm³/mol. The molecule has 13 unspecified atom stereocenters. The number of carbonyl (C=O) groups is 8. The van der Waals surface area contributed by atoms with Crippen LogP contribution in [-0.4, -0.2) is 130 Å². The molecule has 7 rings (SSSR count). The van der Waals surface area contributed by atoms with Crippen molar-refractivity contribution in [2.24, 2.45) is 17.3 Å². The largest absolute Gasteiger partial charge is 0.465 e. The smallest absolute Gasteiger partial charge is 0.340 e. The van der Waals surface area contributed by atoms with E-state index in [-0.39, 0.29) is 28.9 Å². The fraction of sp³-hybridized carbons (Fsp3) is 0.478. The monoisotopic (exact) mass is 916 g/mol. The summed E-state index contributed by atoms with van der Waals surface area (Å²) in [6, 6.07) is 13.1. The molecule has 1 N–H and O–H groups in total. The molecule has 350 valence electrons. The predicted octanol–water partition coefficient (Wildman–Crippen LogP) is 2.63. The molecule has 3 aromatic rings. The highest BCUT2D eigenvalue weighted by Crippen LogP contribution is 2.70. The van der Waals surface area contributed by atoms with Gasteiger partial charge in [-0.05, 0) is 50.2 Å². The van der Waals surface area contributed by atoms with Gasteiger partial charge in [0.1, 0.15) is 42.0 Å². The number of aromatic nitrogens is 2. The molecule has 2 aromatic heterocycles. The Labute approximate surface area is 377 Å². The fourth-order valence-corrected chi connectivity index (χ4v) is 10.2. The van der Waals surface area contributed by atoms with Gasteiger partial charge < -0.3 is 47.7 Å². The molecule has 0 radical (unpaired) electrons. The Hall–Kier alpha value is -6.80. The van der Waals surface area contributed by atoms with Crippen LogP contribution >= 0.6 is 0 Å². The van der Waals surface area contributed by atoms with Crippen molar-refractivity contribution in [2.75, 3.05) is 13.2 Å². The number of fused-ring (bicyclic) bond motifs is 5. The Bertz CT molecular complexity index is 2410. The van der Waals surface area contributed by atoms with Crippen molar-refractivity contribution >= 4 is 48.3 Å². The molecular formula is C46H48N2O18. The maximum Gasteiger partial charge on any atom is 0.340 e. The van der Waals surface area contributed by atoms with Crippen LogP contribution in [0, 0.1) is 17.3 Å². The van der Waals surface area contributed by atoms with Crippen LogP contribution in [0.3, 0.4) is 0 Å². The third kappa shape index (κ3) is 7.70. The molecule has 0 amide bonds. The Morgan fingerprint density at radius 2 is 1.42 bits per heavy atom. The van der Waals surface area contributed by atoms with Crippen LogP contribution in [0.2, 0.25) is 0 Å². The van der Waals surface area contributed by atoms with Crippen molar-refractivity contribution in [3.05, 3.63) is 95.6 Å². The van der Waals surface area contributed by atoms with Gasteiger partial charge in [-0.2, -0.15) is 0 Å². The highest BCUT2D eigenvalue weighted by atomic mass is 16.7. The lowest BCUT2D eigenvalue weighted by atomic mass is 9.45. The molecule has 4 aliphatic rings. The van der Waals surface area contributed by atoms with E-state index < -0.39 is 132 Å². The molecule has 4 heterocycles. The zero-order valence-electron chi connectivity index (χ0n) is 36.9. The summed E-state index contributed by atoms with van der Waals surface area (Å²) in [4.78, 5) is 119. The molecule has 2 aliphatic carbocycles. The molecule has 3 fully saturated rings. The molecule has 20 nitrogen and oxygen atoms in total. The normalized spacial score (nSPS) is 34.5. The van der Waals surface area contributed by atoms with Gasteiger partial charge in [-0.15, -0.1) is 0 Å². The first kappa shape index (κ1) is 47.2. The molecule has 1 saturated heterocycles. The van der Waals surface area contributed by atoms with Gasteiger partial charge in [-0.3, -0.25) is 33.9 Å². The second-order valence-electron chi connectivity index (χ2n) is 17.2. The number of rotatable bonds is 10. The van der Waals surface area contributed by atoms with E-state index in [4.69, 9.17) is 42.6 Å². The number of nitrogens with zero attached hydrogens (tertiary/aromatic N) is 2. The zero-order valence-corrected chi connectivity index (χ0v) is 36.9. The van der Waals surface area contributed by atoms with Crippen molar-refractivity contribution in [2.45, 2.75) is 108 Å². The van der Waals surface area contributed by atoms with E-state index in [1.165, 1.54) is 74.8 Å². The maximum atomic E-state index is 14.8. The minimum absolute atomic E-state index is 0.0198. The lowest BCUT2D eigenvalue weighted by Crippen LogP contribution is -2.89. The molecule has 1 aromatic carbocycles. The first-order valence-electron chi connectivity index (χ1n) is 20.9. The summed E-state index contributed by atoms with van der Waals surface area (Å²) >= 11 is 0. The van der Waals surface area contributed by atoms with E-state index in [9.17, 15) is 43.5 Å². The van der Waals surface area contributed by atoms with Gasteiger partial charge in [-0.1, -0.05) is 32.0 Å². The standard InChI is InChI=1S/C46H48N2O18/c1-23-24(2)39(53)65-36-34(63-41(55)29-15-11-17-47-19-29)38(62-27(5)52)45(21-58-25(3)50)37(61-26(4)51)33(60-22-49)31-35(64-40(54)28-13-9-8-10-14-28)46(45,44(36,7)57)66-43(31,6)20-59-42(56)30-16-12-18-48-32(23)30/h8-19,22-24,31,33-38,57H,20-21H2,1-7H3. The van der Waals surface area contributed by atoms with Gasteiger partial charge in [0.2, 0.25) is 0 Å². The molecule has 2 aliphatic heterocycles. The SMILES string of the molecule is CC(=O)OCC12C(OC(C)=O)C(OC=O)C3C(OC(=O)c4ccccc4)C14OC3(C)COC(=O)c1cccnc1C(C)C(C)C(=O)OC(C(OC(=O)c1cccnc1)C2OC(C)=O)C4(C)O. The van der Waals surface area contributed by atoms with Gasteiger partial charge in [0.25, 0.3) is 6.47 Å². The van der Waals surface area contributed by atoms with Gasteiger partial charge in [-0.25, -0.2) is 14.4 Å². The van der Waals surface area contributed by atoms with Crippen molar-refractivity contribution in [3.63, 3.8) is 0 Å². The van der Waals surface area contributed by atoms with Crippen LogP contribution in [0.1, 0.15) is 91.2 Å². The average molecular weight is 917 g/mol. The number of ether oxygens (including phenoxy) is 9. The van der Waals surface area contributed by atoms with Crippen molar-refractivity contribution in [1.82, 2.24) is 9.97 Å². The second kappa shape index (κ2) is 17.9. The highest BCUT2D eigenvalue weighted by molar-refractivity contribution is 5.92. The third-order valence-corrected chi connectivity index (χ3v) is 13.1. The lowest BCUT2D eigenvalue weighted by molar-refractivity contribution is -0.385.